The lowest BCUT2D eigenvalue weighted by Gasteiger charge is -2.08. The smallest absolute Gasteiger partial charge is 0.271 e. The maximum absolute atomic E-state index is 11.8. The molecule has 0 saturated heterocycles. The normalized spacial score (nSPS) is 9.84. The summed E-state index contributed by atoms with van der Waals surface area (Å²) in [5.41, 5.74) is 0.0943. The van der Waals surface area contributed by atoms with E-state index in [0.717, 1.165) is 6.42 Å². The first-order valence-electron chi connectivity index (χ1n) is 5.97. The lowest BCUT2D eigenvalue weighted by molar-refractivity contribution is -0.120. The van der Waals surface area contributed by atoms with E-state index in [4.69, 9.17) is 11.6 Å². The SMILES string of the molecule is CCCNC(=O)CNC(=O)c1nc(NC)ccc1Cl. The highest BCUT2D eigenvalue weighted by molar-refractivity contribution is 6.33. The number of amides is 2. The number of carbonyl (C=O) groups excluding carboxylic acids is 2. The largest absolute Gasteiger partial charge is 0.373 e. The van der Waals surface area contributed by atoms with Gasteiger partial charge in [0.15, 0.2) is 0 Å². The summed E-state index contributed by atoms with van der Waals surface area (Å²) in [6, 6.07) is 3.24. The van der Waals surface area contributed by atoms with Crippen LogP contribution in [0.4, 0.5) is 5.82 Å². The van der Waals surface area contributed by atoms with Crippen LogP contribution in [0, 0.1) is 0 Å². The predicted octanol–water partition coefficient (Wildman–Crippen LogP) is 1.03. The molecule has 19 heavy (non-hydrogen) atoms. The second-order valence-corrected chi connectivity index (χ2v) is 4.22. The molecule has 0 aliphatic rings. The van der Waals surface area contributed by atoms with E-state index < -0.39 is 5.91 Å². The van der Waals surface area contributed by atoms with E-state index in [0.29, 0.717) is 12.4 Å². The first-order chi connectivity index (χ1) is 9.08. The fraction of sp³-hybridized carbons (Fsp3) is 0.417. The molecule has 0 atom stereocenters. The van der Waals surface area contributed by atoms with Gasteiger partial charge in [-0.05, 0) is 18.6 Å². The Hall–Kier alpha value is -1.82. The summed E-state index contributed by atoms with van der Waals surface area (Å²) >= 11 is 5.90. The van der Waals surface area contributed by atoms with Crippen molar-refractivity contribution in [2.24, 2.45) is 0 Å². The van der Waals surface area contributed by atoms with Gasteiger partial charge in [-0.15, -0.1) is 0 Å². The number of nitrogens with zero attached hydrogens (tertiary/aromatic N) is 1. The molecule has 1 aromatic heterocycles. The molecule has 1 heterocycles. The van der Waals surface area contributed by atoms with Gasteiger partial charge < -0.3 is 16.0 Å². The van der Waals surface area contributed by atoms with E-state index in [1.807, 2.05) is 6.92 Å². The summed E-state index contributed by atoms with van der Waals surface area (Å²) in [7, 11) is 1.69. The van der Waals surface area contributed by atoms with Crippen molar-refractivity contribution in [1.29, 1.82) is 0 Å². The molecule has 6 nitrogen and oxygen atoms in total. The molecule has 3 N–H and O–H groups in total. The number of carbonyl (C=O) groups is 2. The van der Waals surface area contributed by atoms with E-state index in [-0.39, 0.29) is 23.2 Å². The minimum absolute atomic E-state index is 0.0943. The number of hydrogen-bond donors (Lipinski definition) is 3. The third-order valence-electron chi connectivity index (χ3n) is 2.30. The quantitative estimate of drug-likeness (QED) is 0.729. The Morgan fingerprint density at radius 2 is 2.05 bits per heavy atom. The number of aromatic nitrogens is 1. The van der Waals surface area contributed by atoms with Crippen molar-refractivity contribution >= 4 is 29.2 Å². The Morgan fingerprint density at radius 1 is 1.32 bits per heavy atom. The molecule has 0 aromatic carbocycles. The van der Waals surface area contributed by atoms with Crippen molar-refractivity contribution in [3.63, 3.8) is 0 Å². The first-order valence-corrected chi connectivity index (χ1v) is 6.35. The van der Waals surface area contributed by atoms with Gasteiger partial charge in [-0.25, -0.2) is 4.98 Å². The number of anilines is 1. The van der Waals surface area contributed by atoms with Crippen LogP contribution < -0.4 is 16.0 Å². The summed E-state index contributed by atoms with van der Waals surface area (Å²) in [5, 5.41) is 8.19. The average Bonchev–Trinajstić information content (AvgIpc) is 2.43. The lowest BCUT2D eigenvalue weighted by atomic mass is 10.3. The van der Waals surface area contributed by atoms with Gasteiger partial charge in [0.1, 0.15) is 11.5 Å². The third kappa shape index (κ3) is 4.75. The number of halogens is 1. The third-order valence-corrected chi connectivity index (χ3v) is 2.60. The second-order valence-electron chi connectivity index (χ2n) is 3.81. The fourth-order valence-corrected chi connectivity index (χ4v) is 1.50. The number of pyridine rings is 1. The van der Waals surface area contributed by atoms with Gasteiger partial charge in [-0.3, -0.25) is 9.59 Å². The van der Waals surface area contributed by atoms with E-state index >= 15 is 0 Å². The highest BCUT2D eigenvalue weighted by Crippen LogP contribution is 2.16. The molecule has 0 aliphatic heterocycles. The van der Waals surface area contributed by atoms with Crippen molar-refractivity contribution in [2.45, 2.75) is 13.3 Å². The van der Waals surface area contributed by atoms with E-state index in [1.165, 1.54) is 0 Å². The van der Waals surface area contributed by atoms with Crippen LogP contribution in [0.25, 0.3) is 0 Å². The molecule has 104 valence electrons. The monoisotopic (exact) mass is 284 g/mol. The van der Waals surface area contributed by atoms with Crippen LogP contribution in [0.3, 0.4) is 0 Å². The van der Waals surface area contributed by atoms with Gasteiger partial charge in [-0.2, -0.15) is 0 Å². The molecule has 0 bridgehead atoms. The molecular weight excluding hydrogens is 268 g/mol. The maximum atomic E-state index is 11.8. The maximum Gasteiger partial charge on any atom is 0.271 e. The Morgan fingerprint density at radius 3 is 2.68 bits per heavy atom. The summed E-state index contributed by atoms with van der Waals surface area (Å²) in [6.45, 7) is 2.44. The minimum atomic E-state index is -0.478. The summed E-state index contributed by atoms with van der Waals surface area (Å²) in [6.07, 6.45) is 0.845. The number of nitrogens with one attached hydrogen (secondary N) is 3. The van der Waals surface area contributed by atoms with Gasteiger partial charge >= 0.3 is 0 Å². The van der Waals surface area contributed by atoms with E-state index in [2.05, 4.69) is 20.9 Å². The zero-order valence-corrected chi connectivity index (χ0v) is 11.7. The molecule has 1 aromatic rings. The molecule has 2 amide bonds. The molecule has 0 aliphatic carbocycles. The molecule has 0 radical (unpaired) electrons. The number of rotatable bonds is 6. The molecule has 0 saturated carbocycles. The van der Waals surface area contributed by atoms with Crippen LogP contribution in [-0.4, -0.2) is 36.9 Å². The minimum Gasteiger partial charge on any atom is -0.373 e. The summed E-state index contributed by atoms with van der Waals surface area (Å²) in [4.78, 5) is 27.2. The fourth-order valence-electron chi connectivity index (χ4n) is 1.31. The van der Waals surface area contributed by atoms with Gasteiger partial charge in [0.25, 0.3) is 5.91 Å². The Bertz CT molecular complexity index is 465. The molecule has 0 unspecified atom stereocenters. The van der Waals surface area contributed by atoms with Crippen LogP contribution in [0.2, 0.25) is 5.02 Å². The summed E-state index contributed by atoms with van der Waals surface area (Å²) in [5.74, 6) is -0.185. The molecule has 0 fully saturated rings. The average molecular weight is 285 g/mol. The van der Waals surface area contributed by atoms with Crippen LogP contribution in [-0.2, 0) is 4.79 Å². The van der Waals surface area contributed by atoms with Crippen molar-refractivity contribution < 1.29 is 9.59 Å². The highest BCUT2D eigenvalue weighted by Gasteiger charge is 2.13. The second kappa shape index (κ2) is 7.58. The lowest BCUT2D eigenvalue weighted by Crippen LogP contribution is -2.37. The first kappa shape index (κ1) is 15.2. The van der Waals surface area contributed by atoms with E-state index in [1.54, 1.807) is 19.2 Å². The predicted molar refractivity (Wildman–Crippen MR) is 74.4 cm³/mol. The standard InChI is InChI=1S/C12H17ClN4O2/c1-3-6-15-10(18)7-16-12(19)11-8(13)4-5-9(14-2)17-11/h4-5H,3,6-7H2,1-2H3,(H,14,17)(H,15,18)(H,16,19). The van der Waals surface area contributed by atoms with Crippen LogP contribution in [0.15, 0.2) is 12.1 Å². The molecule has 7 heteroatoms. The van der Waals surface area contributed by atoms with Crippen LogP contribution in [0.5, 0.6) is 0 Å². The van der Waals surface area contributed by atoms with Crippen molar-refractivity contribution in [3.8, 4) is 0 Å². The van der Waals surface area contributed by atoms with Crippen molar-refractivity contribution in [2.75, 3.05) is 25.5 Å². The highest BCUT2D eigenvalue weighted by atomic mass is 35.5. The van der Waals surface area contributed by atoms with Gasteiger partial charge in [-0.1, -0.05) is 18.5 Å². The Balaban J connectivity index is 2.60. The number of hydrogen-bond acceptors (Lipinski definition) is 4. The zero-order chi connectivity index (χ0) is 14.3. The van der Waals surface area contributed by atoms with Gasteiger partial charge in [0.2, 0.25) is 5.91 Å². The topological polar surface area (TPSA) is 83.1 Å². The van der Waals surface area contributed by atoms with Crippen molar-refractivity contribution in [1.82, 2.24) is 15.6 Å². The van der Waals surface area contributed by atoms with Crippen LogP contribution >= 0.6 is 11.6 Å². The summed E-state index contributed by atoms with van der Waals surface area (Å²) < 4.78 is 0. The Labute approximate surface area is 116 Å². The van der Waals surface area contributed by atoms with Gasteiger partial charge in [0.05, 0.1) is 11.6 Å². The Kier molecular flexibility index (Phi) is 6.08. The molecular formula is C12H17ClN4O2. The van der Waals surface area contributed by atoms with Crippen molar-refractivity contribution in [3.05, 3.63) is 22.8 Å². The molecule has 1 rings (SSSR count). The van der Waals surface area contributed by atoms with Gasteiger partial charge in [0, 0.05) is 13.6 Å². The molecule has 0 spiro atoms. The van der Waals surface area contributed by atoms with Crippen LogP contribution in [0.1, 0.15) is 23.8 Å². The zero-order valence-electron chi connectivity index (χ0n) is 10.9. The van der Waals surface area contributed by atoms with E-state index in [9.17, 15) is 9.59 Å².